The molecule has 0 aliphatic rings. The van der Waals surface area contributed by atoms with Crippen LogP contribution in [0.1, 0.15) is 18.1 Å². The van der Waals surface area contributed by atoms with Gasteiger partial charge in [-0.15, -0.1) is 0 Å². The Morgan fingerprint density at radius 2 is 1.71 bits per heavy atom. The molecule has 0 bridgehead atoms. The van der Waals surface area contributed by atoms with E-state index in [1.807, 2.05) is 6.07 Å². The molecule has 0 N–H and O–H groups in total. The van der Waals surface area contributed by atoms with E-state index in [0.717, 1.165) is 4.31 Å². The number of amides is 1. The standard InChI is InChI=1S/C18H16N2O3S/c1-14(2)18(21)20(17-10-8-15(12-19)9-11-17)24(22,23)13-16-6-4-3-5-7-16/h3-11H,1,13H2,2H3. The highest BCUT2D eigenvalue weighted by Crippen LogP contribution is 2.23. The number of rotatable bonds is 5. The lowest BCUT2D eigenvalue weighted by Crippen LogP contribution is -2.38. The van der Waals surface area contributed by atoms with Gasteiger partial charge in [0, 0.05) is 5.57 Å². The molecule has 0 saturated carbocycles. The predicted octanol–water partition coefficient (Wildman–Crippen LogP) is 3.00. The minimum atomic E-state index is -3.95. The summed E-state index contributed by atoms with van der Waals surface area (Å²) >= 11 is 0. The van der Waals surface area contributed by atoms with Crippen LogP contribution in [0.15, 0.2) is 66.7 Å². The monoisotopic (exact) mass is 340 g/mol. The van der Waals surface area contributed by atoms with E-state index < -0.39 is 15.9 Å². The van der Waals surface area contributed by atoms with Crippen LogP contribution in [0.4, 0.5) is 5.69 Å². The fourth-order valence-corrected chi connectivity index (χ4v) is 3.69. The number of nitrogens with zero attached hydrogens (tertiary/aromatic N) is 2. The lowest BCUT2D eigenvalue weighted by atomic mass is 10.2. The van der Waals surface area contributed by atoms with Crippen molar-refractivity contribution in [2.45, 2.75) is 12.7 Å². The first-order valence-electron chi connectivity index (χ1n) is 7.12. The number of carbonyl (C=O) groups is 1. The van der Waals surface area contributed by atoms with E-state index in [2.05, 4.69) is 6.58 Å². The van der Waals surface area contributed by atoms with Crippen molar-refractivity contribution in [1.29, 1.82) is 5.26 Å². The highest BCUT2D eigenvalue weighted by Gasteiger charge is 2.29. The van der Waals surface area contributed by atoms with Crippen LogP contribution in [-0.4, -0.2) is 14.3 Å². The Hall–Kier alpha value is -2.91. The molecule has 0 aliphatic heterocycles. The summed E-state index contributed by atoms with van der Waals surface area (Å²) in [5, 5.41) is 8.86. The van der Waals surface area contributed by atoms with Crippen molar-refractivity contribution in [2.24, 2.45) is 0 Å². The third-order valence-electron chi connectivity index (χ3n) is 3.25. The summed E-state index contributed by atoms with van der Waals surface area (Å²) in [4.78, 5) is 12.4. The molecule has 0 saturated heterocycles. The molecule has 0 fully saturated rings. The van der Waals surface area contributed by atoms with Gasteiger partial charge in [-0.3, -0.25) is 4.79 Å². The van der Waals surface area contributed by atoms with Crippen molar-refractivity contribution in [3.63, 3.8) is 0 Å². The van der Waals surface area contributed by atoms with Crippen LogP contribution in [-0.2, 0) is 20.6 Å². The average Bonchev–Trinajstić information content (AvgIpc) is 2.55. The van der Waals surface area contributed by atoms with Crippen LogP contribution in [0.5, 0.6) is 0 Å². The maximum absolute atomic E-state index is 12.8. The molecule has 2 aromatic rings. The summed E-state index contributed by atoms with van der Waals surface area (Å²) in [6.07, 6.45) is 0. The van der Waals surface area contributed by atoms with E-state index in [1.165, 1.54) is 31.2 Å². The van der Waals surface area contributed by atoms with E-state index >= 15 is 0 Å². The maximum atomic E-state index is 12.8. The van der Waals surface area contributed by atoms with Gasteiger partial charge in [-0.25, -0.2) is 12.7 Å². The van der Waals surface area contributed by atoms with E-state index in [1.54, 1.807) is 30.3 Å². The van der Waals surface area contributed by atoms with Crippen molar-refractivity contribution in [2.75, 3.05) is 4.31 Å². The van der Waals surface area contributed by atoms with Gasteiger partial charge in [0.2, 0.25) is 10.0 Å². The first kappa shape index (κ1) is 17.4. The van der Waals surface area contributed by atoms with Gasteiger partial charge in [0.15, 0.2) is 0 Å². The number of anilines is 1. The molecule has 6 heteroatoms. The summed E-state index contributed by atoms with van der Waals surface area (Å²) in [6.45, 7) is 5.00. The quantitative estimate of drug-likeness (QED) is 0.784. The summed E-state index contributed by atoms with van der Waals surface area (Å²) in [5.41, 5.74) is 1.24. The lowest BCUT2D eigenvalue weighted by Gasteiger charge is -2.22. The molecule has 5 nitrogen and oxygen atoms in total. The molecule has 0 spiro atoms. The third-order valence-corrected chi connectivity index (χ3v) is 4.88. The minimum absolute atomic E-state index is 0.107. The van der Waals surface area contributed by atoms with Crippen LogP contribution in [0.2, 0.25) is 0 Å². The van der Waals surface area contributed by atoms with E-state index in [9.17, 15) is 13.2 Å². The fourth-order valence-electron chi connectivity index (χ4n) is 2.10. The first-order chi connectivity index (χ1) is 11.3. The van der Waals surface area contributed by atoms with Gasteiger partial charge in [0.05, 0.1) is 23.1 Å². The second kappa shape index (κ2) is 7.11. The zero-order chi connectivity index (χ0) is 17.7. The Morgan fingerprint density at radius 3 is 2.21 bits per heavy atom. The number of carbonyl (C=O) groups excluding carboxylic acids is 1. The number of benzene rings is 2. The van der Waals surface area contributed by atoms with Gasteiger partial charge in [0.1, 0.15) is 0 Å². The fraction of sp³-hybridized carbons (Fsp3) is 0.111. The normalized spacial score (nSPS) is 10.7. The molecule has 0 aromatic heterocycles. The Labute approximate surface area is 141 Å². The van der Waals surface area contributed by atoms with Crippen LogP contribution >= 0.6 is 0 Å². The van der Waals surface area contributed by atoms with Crippen molar-refractivity contribution in [3.8, 4) is 6.07 Å². The van der Waals surface area contributed by atoms with Gasteiger partial charge in [-0.1, -0.05) is 36.9 Å². The number of hydrogen-bond acceptors (Lipinski definition) is 4. The Balaban J connectivity index is 2.47. The number of hydrogen-bond donors (Lipinski definition) is 0. The Kier molecular flexibility index (Phi) is 5.17. The molecule has 2 aromatic carbocycles. The molecule has 0 unspecified atom stereocenters. The van der Waals surface area contributed by atoms with E-state index in [0.29, 0.717) is 11.1 Å². The second-order valence-electron chi connectivity index (χ2n) is 5.25. The Bertz CT molecular complexity index is 896. The molecular formula is C18H16N2O3S. The lowest BCUT2D eigenvalue weighted by molar-refractivity contribution is -0.113. The number of sulfonamides is 1. The SMILES string of the molecule is C=C(C)C(=O)N(c1ccc(C#N)cc1)S(=O)(=O)Cc1ccccc1. The molecule has 0 radical (unpaired) electrons. The van der Waals surface area contributed by atoms with Gasteiger partial charge in [0.25, 0.3) is 5.91 Å². The van der Waals surface area contributed by atoms with Crippen molar-refractivity contribution in [3.05, 3.63) is 77.9 Å². The van der Waals surface area contributed by atoms with Crippen molar-refractivity contribution >= 4 is 21.6 Å². The average molecular weight is 340 g/mol. The molecule has 0 heterocycles. The topological polar surface area (TPSA) is 78.2 Å². The molecule has 1 amide bonds. The minimum Gasteiger partial charge on any atom is -0.268 e. The maximum Gasteiger partial charge on any atom is 0.267 e. The third kappa shape index (κ3) is 3.89. The van der Waals surface area contributed by atoms with Gasteiger partial charge >= 0.3 is 0 Å². The first-order valence-corrected chi connectivity index (χ1v) is 8.73. The molecule has 0 aliphatic carbocycles. The molecule has 0 atom stereocenters. The molecular weight excluding hydrogens is 324 g/mol. The van der Waals surface area contributed by atoms with Crippen molar-refractivity contribution in [1.82, 2.24) is 0 Å². The van der Waals surface area contributed by atoms with Crippen LogP contribution < -0.4 is 4.31 Å². The smallest absolute Gasteiger partial charge is 0.267 e. The highest BCUT2D eigenvalue weighted by molar-refractivity contribution is 7.92. The number of nitriles is 1. The van der Waals surface area contributed by atoms with Crippen LogP contribution in [0.25, 0.3) is 0 Å². The Morgan fingerprint density at radius 1 is 1.12 bits per heavy atom. The highest BCUT2D eigenvalue weighted by atomic mass is 32.2. The van der Waals surface area contributed by atoms with Gasteiger partial charge in [-0.05, 0) is 36.8 Å². The zero-order valence-electron chi connectivity index (χ0n) is 13.1. The largest absolute Gasteiger partial charge is 0.268 e. The van der Waals surface area contributed by atoms with E-state index in [4.69, 9.17) is 5.26 Å². The summed E-state index contributed by atoms with van der Waals surface area (Å²) < 4.78 is 26.3. The van der Waals surface area contributed by atoms with Crippen molar-refractivity contribution < 1.29 is 13.2 Å². The predicted molar refractivity (Wildman–Crippen MR) is 92.5 cm³/mol. The molecule has 122 valence electrons. The second-order valence-corrected chi connectivity index (χ2v) is 7.07. The van der Waals surface area contributed by atoms with Crippen LogP contribution in [0.3, 0.4) is 0 Å². The summed E-state index contributed by atoms with van der Waals surface area (Å²) in [7, 11) is -3.95. The summed E-state index contributed by atoms with van der Waals surface area (Å²) in [5.74, 6) is -1.01. The van der Waals surface area contributed by atoms with Gasteiger partial charge < -0.3 is 0 Å². The van der Waals surface area contributed by atoms with E-state index in [-0.39, 0.29) is 17.0 Å². The zero-order valence-corrected chi connectivity index (χ0v) is 14.0. The van der Waals surface area contributed by atoms with Gasteiger partial charge in [-0.2, -0.15) is 5.26 Å². The van der Waals surface area contributed by atoms with Crippen LogP contribution in [0, 0.1) is 11.3 Å². The molecule has 24 heavy (non-hydrogen) atoms. The molecule has 2 rings (SSSR count). The summed E-state index contributed by atoms with van der Waals surface area (Å²) in [6, 6.07) is 16.4.